The predicted molar refractivity (Wildman–Crippen MR) is 111 cm³/mol. The Morgan fingerprint density at radius 1 is 1.20 bits per heavy atom. The normalized spacial score (nSPS) is 16.3. The van der Waals surface area contributed by atoms with Crippen molar-refractivity contribution in [3.63, 3.8) is 0 Å². The Hall–Kier alpha value is -2.13. The number of aliphatic hydroxyl groups is 1. The van der Waals surface area contributed by atoms with Gasteiger partial charge < -0.3 is 19.5 Å². The number of likely N-dealkylation sites (tertiary alicyclic amines) is 1. The van der Waals surface area contributed by atoms with Gasteiger partial charge in [-0.1, -0.05) is 23.2 Å². The maximum Gasteiger partial charge on any atom is 0.311 e. The van der Waals surface area contributed by atoms with Crippen LogP contribution >= 0.6 is 23.2 Å². The van der Waals surface area contributed by atoms with Crippen LogP contribution in [0.15, 0.2) is 36.4 Å². The number of β-amino-alcohol motifs (C(OH)–C–C–N with tert-alkyl or cyclic N) is 1. The van der Waals surface area contributed by atoms with Gasteiger partial charge in [-0.25, -0.2) is 4.39 Å². The van der Waals surface area contributed by atoms with E-state index in [-0.39, 0.29) is 24.1 Å². The first kappa shape index (κ1) is 22.6. The maximum absolute atomic E-state index is 13.3. The second kappa shape index (κ2) is 10.3. The van der Waals surface area contributed by atoms with Crippen LogP contribution in [0.5, 0.6) is 11.5 Å². The number of hydrogen-bond donors (Lipinski definition) is 1. The Morgan fingerprint density at radius 3 is 2.60 bits per heavy atom. The van der Waals surface area contributed by atoms with Crippen molar-refractivity contribution >= 4 is 28.9 Å². The number of aliphatic hydroxyl groups excluding tert-OH is 1. The topological polar surface area (TPSA) is 85.1 Å². The van der Waals surface area contributed by atoms with E-state index < -0.39 is 16.8 Å². The van der Waals surface area contributed by atoms with Gasteiger partial charge in [0.1, 0.15) is 30.4 Å². The summed E-state index contributed by atoms with van der Waals surface area (Å²) in [5.74, 6) is -0.185. The first-order valence-corrected chi connectivity index (χ1v) is 10.2. The molecule has 3 rings (SSSR count). The number of piperidine rings is 1. The molecular formula is C20H21Cl2FN2O5. The van der Waals surface area contributed by atoms with Crippen molar-refractivity contribution < 1.29 is 23.9 Å². The summed E-state index contributed by atoms with van der Waals surface area (Å²) in [6.07, 6.45) is 0.689. The molecule has 0 amide bonds. The van der Waals surface area contributed by atoms with Crippen molar-refractivity contribution in [1.29, 1.82) is 0 Å². The highest BCUT2D eigenvalue weighted by Crippen LogP contribution is 2.29. The molecule has 0 aliphatic carbocycles. The zero-order valence-electron chi connectivity index (χ0n) is 16.0. The number of nitro groups is 1. The minimum Gasteiger partial charge on any atom is -0.490 e. The summed E-state index contributed by atoms with van der Waals surface area (Å²) in [7, 11) is 0. The molecule has 1 heterocycles. The molecule has 0 unspecified atom stereocenters. The fraction of sp³-hybridized carbons (Fsp3) is 0.400. The van der Waals surface area contributed by atoms with Crippen molar-refractivity contribution in [1.82, 2.24) is 4.90 Å². The van der Waals surface area contributed by atoms with Gasteiger partial charge in [0.05, 0.1) is 15.0 Å². The lowest BCUT2D eigenvalue weighted by Crippen LogP contribution is -2.43. The van der Waals surface area contributed by atoms with Crippen molar-refractivity contribution in [2.45, 2.75) is 25.0 Å². The Bertz CT molecular complexity index is 893. The van der Waals surface area contributed by atoms with Gasteiger partial charge in [-0.3, -0.25) is 10.1 Å². The van der Waals surface area contributed by atoms with E-state index in [2.05, 4.69) is 4.90 Å². The summed E-state index contributed by atoms with van der Waals surface area (Å²) in [5.41, 5.74) is -0.344. The predicted octanol–water partition coefficient (Wildman–Crippen LogP) is 4.32. The summed E-state index contributed by atoms with van der Waals surface area (Å²) in [4.78, 5) is 12.4. The molecule has 2 aromatic rings. The average Bonchev–Trinajstić information content (AvgIpc) is 2.70. The second-order valence-corrected chi connectivity index (χ2v) is 7.84. The third kappa shape index (κ3) is 6.18. The number of nitrogens with zero attached hydrogens (tertiary/aromatic N) is 2. The first-order chi connectivity index (χ1) is 14.3. The number of ether oxygens (including phenoxy) is 2. The summed E-state index contributed by atoms with van der Waals surface area (Å²) in [6.45, 7) is 1.58. The first-order valence-electron chi connectivity index (χ1n) is 9.40. The quantitative estimate of drug-likeness (QED) is 0.468. The number of nitro benzene ring substituents is 1. The smallest absolute Gasteiger partial charge is 0.311 e. The van der Waals surface area contributed by atoms with Gasteiger partial charge in [0.15, 0.2) is 5.75 Å². The fourth-order valence-corrected chi connectivity index (χ4v) is 3.53. The Morgan fingerprint density at radius 2 is 1.93 bits per heavy atom. The van der Waals surface area contributed by atoms with E-state index in [1.54, 1.807) is 18.2 Å². The molecule has 0 bridgehead atoms. The standard InChI is InChI=1S/C20H21Cl2FN2O5/c21-17-3-2-16(10-18(17)22)30-15-5-7-24(8-6-15)11-14(26)12-29-20-9-13(23)1-4-19(20)25(27)28/h1-4,9-10,14-15,26H,5-8,11-12H2/t14-/m0/s1. The Balaban J connectivity index is 1.44. The number of benzene rings is 2. The molecule has 0 saturated carbocycles. The molecule has 0 aromatic heterocycles. The lowest BCUT2D eigenvalue weighted by Gasteiger charge is -2.33. The summed E-state index contributed by atoms with van der Waals surface area (Å²) < 4.78 is 24.6. The molecule has 2 aromatic carbocycles. The number of halogens is 3. The molecule has 7 nitrogen and oxygen atoms in total. The van der Waals surface area contributed by atoms with Gasteiger partial charge in [-0.2, -0.15) is 0 Å². The van der Waals surface area contributed by atoms with Crippen LogP contribution in [0, 0.1) is 15.9 Å². The molecular weight excluding hydrogens is 438 g/mol. The van der Waals surface area contributed by atoms with Gasteiger partial charge in [0.2, 0.25) is 0 Å². The molecule has 10 heteroatoms. The van der Waals surface area contributed by atoms with Crippen molar-refractivity contribution in [3.05, 3.63) is 62.4 Å². The van der Waals surface area contributed by atoms with E-state index in [1.807, 2.05) is 0 Å². The highest BCUT2D eigenvalue weighted by atomic mass is 35.5. The van der Waals surface area contributed by atoms with Crippen LogP contribution in [-0.4, -0.2) is 53.4 Å². The molecule has 1 aliphatic heterocycles. The molecule has 0 spiro atoms. The lowest BCUT2D eigenvalue weighted by molar-refractivity contribution is -0.386. The largest absolute Gasteiger partial charge is 0.490 e. The van der Waals surface area contributed by atoms with Gasteiger partial charge in [0, 0.05) is 37.8 Å². The van der Waals surface area contributed by atoms with E-state index in [0.717, 1.165) is 31.0 Å². The monoisotopic (exact) mass is 458 g/mol. The zero-order valence-corrected chi connectivity index (χ0v) is 17.5. The molecule has 1 N–H and O–H groups in total. The van der Waals surface area contributed by atoms with E-state index in [1.165, 1.54) is 0 Å². The van der Waals surface area contributed by atoms with Crippen molar-refractivity contribution in [2.75, 3.05) is 26.2 Å². The average molecular weight is 459 g/mol. The third-order valence-corrected chi connectivity index (χ3v) is 5.49. The van der Waals surface area contributed by atoms with Crippen molar-refractivity contribution in [2.24, 2.45) is 0 Å². The van der Waals surface area contributed by atoms with Crippen LogP contribution in [0.1, 0.15) is 12.8 Å². The van der Waals surface area contributed by atoms with Crippen LogP contribution < -0.4 is 9.47 Å². The van der Waals surface area contributed by atoms with E-state index >= 15 is 0 Å². The molecule has 30 heavy (non-hydrogen) atoms. The second-order valence-electron chi connectivity index (χ2n) is 7.03. The summed E-state index contributed by atoms with van der Waals surface area (Å²) in [5, 5.41) is 22.1. The highest BCUT2D eigenvalue weighted by Gasteiger charge is 2.23. The van der Waals surface area contributed by atoms with Crippen LogP contribution in [0.25, 0.3) is 0 Å². The summed E-state index contributed by atoms with van der Waals surface area (Å²) in [6, 6.07) is 8.11. The van der Waals surface area contributed by atoms with E-state index in [9.17, 15) is 19.6 Å². The molecule has 162 valence electrons. The fourth-order valence-electron chi connectivity index (χ4n) is 3.24. The maximum atomic E-state index is 13.3. The summed E-state index contributed by atoms with van der Waals surface area (Å²) >= 11 is 11.9. The van der Waals surface area contributed by atoms with Crippen LogP contribution in [0.3, 0.4) is 0 Å². The van der Waals surface area contributed by atoms with Gasteiger partial charge >= 0.3 is 5.69 Å². The van der Waals surface area contributed by atoms with E-state index in [0.29, 0.717) is 35.4 Å². The van der Waals surface area contributed by atoms with Crippen LogP contribution in [0.4, 0.5) is 10.1 Å². The Kier molecular flexibility index (Phi) is 7.71. The minimum atomic E-state index is -0.875. The van der Waals surface area contributed by atoms with Crippen molar-refractivity contribution in [3.8, 4) is 11.5 Å². The number of hydrogen-bond acceptors (Lipinski definition) is 6. The minimum absolute atomic E-state index is 0.0295. The molecule has 1 aliphatic rings. The SMILES string of the molecule is O=[N+]([O-])c1ccc(F)cc1OC[C@@H](O)CN1CCC(Oc2ccc(Cl)c(Cl)c2)CC1. The van der Waals surface area contributed by atoms with Crippen LogP contribution in [-0.2, 0) is 0 Å². The molecule has 1 saturated heterocycles. The zero-order chi connectivity index (χ0) is 21.7. The molecule has 1 atom stereocenters. The van der Waals surface area contributed by atoms with E-state index in [4.69, 9.17) is 32.7 Å². The Labute approximate surface area is 183 Å². The molecule has 1 fully saturated rings. The third-order valence-electron chi connectivity index (χ3n) is 4.75. The number of rotatable bonds is 8. The van der Waals surface area contributed by atoms with Gasteiger partial charge in [-0.15, -0.1) is 0 Å². The van der Waals surface area contributed by atoms with Gasteiger partial charge in [-0.05, 0) is 31.0 Å². The molecule has 0 radical (unpaired) electrons. The highest BCUT2D eigenvalue weighted by molar-refractivity contribution is 6.42. The van der Waals surface area contributed by atoms with Gasteiger partial charge in [0.25, 0.3) is 0 Å². The van der Waals surface area contributed by atoms with Crippen LogP contribution in [0.2, 0.25) is 10.0 Å². The lowest BCUT2D eigenvalue weighted by atomic mass is 10.1.